The van der Waals surface area contributed by atoms with Gasteiger partial charge < -0.3 is 19.3 Å². The van der Waals surface area contributed by atoms with Crippen LogP contribution in [-0.4, -0.2) is 38.7 Å². The van der Waals surface area contributed by atoms with Gasteiger partial charge in [0.1, 0.15) is 0 Å². The van der Waals surface area contributed by atoms with E-state index in [1.165, 1.54) is 10.6 Å². The van der Waals surface area contributed by atoms with Crippen molar-refractivity contribution in [2.24, 2.45) is 7.05 Å². The van der Waals surface area contributed by atoms with E-state index in [9.17, 15) is 9.59 Å². The maximum atomic E-state index is 12.5. The number of likely N-dealkylation sites (tertiary alicyclic amines) is 1. The highest BCUT2D eigenvalue weighted by Crippen LogP contribution is 2.27. The minimum atomic E-state index is -0.152. The molecule has 1 aliphatic heterocycles. The number of carbonyl (C=O) groups is 1. The highest BCUT2D eigenvalue weighted by atomic mass is 16.5. The summed E-state index contributed by atoms with van der Waals surface area (Å²) in [5.74, 6) is 1.83. The Bertz CT molecular complexity index is 847. The molecule has 3 heterocycles. The Morgan fingerprint density at radius 1 is 1.35 bits per heavy atom. The number of amides is 2. The van der Waals surface area contributed by atoms with Crippen LogP contribution in [0.1, 0.15) is 55.8 Å². The summed E-state index contributed by atoms with van der Waals surface area (Å²) in [7, 11) is 1.67. The highest BCUT2D eigenvalue weighted by Gasteiger charge is 2.27. The number of nitrogens with zero attached hydrogens (tertiary/aromatic N) is 4. The molecule has 26 heavy (non-hydrogen) atoms. The summed E-state index contributed by atoms with van der Waals surface area (Å²) in [6, 6.07) is 1.37. The van der Waals surface area contributed by atoms with Crippen molar-refractivity contribution in [3.8, 4) is 0 Å². The van der Waals surface area contributed by atoms with Crippen LogP contribution in [0.25, 0.3) is 0 Å². The second kappa shape index (κ2) is 7.31. The van der Waals surface area contributed by atoms with Crippen molar-refractivity contribution in [1.29, 1.82) is 0 Å². The van der Waals surface area contributed by atoms with E-state index < -0.39 is 0 Å². The van der Waals surface area contributed by atoms with Crippen LogP contribution in [0, 0.1) is 6.92 Å². The van der Waals surface area contributed by atoms with Gasteiger partial charge in [0.2, 0.25) is 5.89 Å². The molecular weight excluding hydrogens is 334 g/mol. The Labute approximate surface area is 152 Å². The van der Waals surface area contributed by atoms with E-state index >= 15 is 0 Å². The van der Waals surface area contributed by atoms with E-state index in [2.05, 4.69) is 15.5 Å². The molecule has 2 amide bonds. The van der Waals surface area contributed by atoms with Crippen LogP contribution >= 0.6 is 0 Å². The Balaban J connectivity index is 1.60. The fraction of sp³-hybridized carbons (Fsp3) is 0.556. The molecule has 0 unspecified atom stereocenters. The molecular formula is C18H25N5O3. The van der Waals surface area contributed by atoms with Gasteiger partial charge in [-0.1, -0.05) is 19.0 Å². The Kier molecular flexibility index (Phi) is 5.11. The van der Waals surface area contributed by atoms with Crippen LogP contribution in [0.4, 0.5) is 10.5 Å². The van der Waals surface area contributed by atoms with Gasteiger partial charge in [0.15, 0.2) is 5.82 Å². The molecule has 2 aromatic heterocycles. The normalized spacial score (nSPS) is 15.5. The van der Waals surface area contributed by atoms with Crippen LogP contribution in [0.5, 0.6) is 0 Å². The molecule has 0 aromatic carbocycles. The summed E-state index contributed by atoms with van der Waals surface area (Å²) in [5, 5.41) is 6.99. The van der Waals surface area contributed by atoms with E-state index in [1.807, 2.05) is 20.8 Å². The highest BCUT2D eigenvalue weighted by molar-refractivity contribution is 5.90. The number of anilines is 1. The quantitative estimate of drug-likeness (QED) is 0.909. The van der Waals surface area contributed by atoms with E-state index in [0.29, 0.717) is 24.7 Å². The lowest BCUT2D eigenvalue weighted by Gasteiger charge is -2.30. The molecule has 0 spiro atoms. The minimum Gasteiger partial charge on any atom is -0.339 e. The van der Waals surface area contributed by atoms with Gasteiger partial charge in [-0.05, 0) is 25.3 Å². The number of piperidine rings is 1. The summed E-state index contributed by atoms with van der Waals surface area (Å²) in [5.41, 5.74) is 1.31. The first-order valence-corrected chi connectivity index (χ1v) is 8.92. The second-order valence-corrected chi connectivity index (χ2v) is 7.16. The van der Waals surface area contributed by atoms with E-state index in [4.69, 9.17) is 4.52 Å². The van der Waals surface area contributed by atoms with Gasteiger partial charge >= 0.3 is 6.03 Å². The molecule has 1 N–H and O–H groups in total. The van der Waals surface area contributed by atoms with Crippen molar-refractivity contribution >= 4 is 11.7 Å². The number of aromatic nitrogens is 3. The van der Waals surface area contributed by atoms with Gasteiger partial charge in [-0.25, -0.2) is 4.79 Å². The fourth-order valence-electron chi connectivity index (χ4n) is 3.04. The van der Waals surface area contributed by atoms with Gasteiger partial charge in [0, 0.05) is 44.2 Å². The Hall–Kier alpha value is -2.64. The van der Waals surface area contributed by atoms with E-state index in [-0.39, 0.29) is 23.4 Å². The monoisotopic (exact) mass is 359 g/mol. The average Bonchev–Trinajstić information content (AvgIpc) is 3.10. The number of urea groups is 1. The summed E-state index contributed by atoms with van der Waals surface area (Å²) in [6.45, 7) is 7.11. The largest absolute Gasteiger partial charge is 0.339 e. The van der Waals surface area contributed by atoms with Gasteiger partial charge in [0.05, 0.1) is 5.69 Å². The third-order valence-electron chi connectivity index (χ3n) is 4.78. The SMILES string of the molecule is Cc1cc(=O)n(C)cc1NC(=O)N1CCC(c2noc(C(C)C)n2)CC1. The summed E-state index contributed by atoms with van der Waals surface area (Å²) in [4.78, 5) is 30.4. The van der Waals surface area contributed by atoms with E-state index in [0.717, 1.165) is 24.2 Å². The van der Waals surface area contributed by atoms with Crippen LogP contribution in [0.2, 0.25) is 0 Å². The molecule has 1 aliphatic rings. The second-order valence-electron chi connectivity index (χ2n) is 7.16. The van der Waals surface area contributed by atoms with Gasteiger partial charge in [-0.3, -0.25) is 4.79 Å². The maximum Gasteiger partial charge on any atom is 0.321 e. The smallest absolute Gasteiger partial charge is 0.321 e. The van der Waals surface area contributed by atoms with Crippen LogP contribution in [0.15, 0.2) is 21.6 Å². The van der Waals surface area contributed by atoms with E-state index in [1.54, 1.807) is 18.1 Å². The number of aryl methyl sites for hydroxylation is 2. The predicted molar refractivity (Wildman–Crippen MR) is 97.4 cm³/mol. The number of hydrogen-bond acceptors (Lipinski definition) is 5. The van der Waals surface area contributed by atoms with Gasteiger partial charge in [-0.2, -0.15) is 4.98 Å². The molecule has 8 heteroatoms. The number of nitrogens with one attached hydrogen (secondary N) is 1. The van der Waals surface area contributed by atoms with Gasteiger partial charge in [-0.15, -0.1) is 0 Å². The van der Waals surface area contributed by atoms with Crippen molar-refractivity contribution in [3.63, 3.8) is 0 Å². The molecule has 1 saturated heterocycles. The van der Waals surface area contributed by atoms with Crippen molar-refractivity contribution in [3.05, 3.63) is 39.9 Å². The lowest BCUT2D eigenvalue weighted by Crippen LogP contribution is -2.41. The van der Waals surface area contributed by atoms with Crippen molar-refractivity contribution in [1.82, 2.24) is 19.6 Å². The van der Waals surface area contributed by atoms with Crippen LogP contribution in [-0.2, 0) is 7.05 Å². The van der Waals surface area contributed by atoms with Crippen LogP contribution in [0.3, 0.4) is 0 Å². The molecule has 140 valence electrons. The third-order valence-corrected chi connectivity index (χ3v) is 4.78. The standard InChI is InChI=1S/C18H25N5O3/c1-11(2)17-20-16(21-26-17)13-5-7-23(8-6-13)18(25)19-14-10-22(4)15(24)9-12(14)3/h9-11,13H,5-8H2,1-4H3,(H,19,25). The lowest BCUT2D eigenvalue weighted by molar-refractivity contribution is 0.193. The van der Waals surface area contributed by atoms with Crippen LogP contribution < -0.4 is 10.9 Å². The fourth-order valence-corrected chi connectivity index (χ4v) is 3.04. The number of hydrogen-bond donors (Lipinski definition) is 1. The molecule has 3 rings (SSSR count). The van der Waals surface area contributed by atoms with Crippen molar-refractivity contribution in [2.45, 2.75) is 45.4 Å². The molecule has 0 saturated carbocycles. The first-order chi connectivity index (χ1) is 12.3. The maximum absolute atomic E-state index is 12.5. The molecule has 8 nitrogen and oxygen atoms in total. The molecule has 1 fully saturated rings. The Morgan fingerprint density at radius 3 is 2.65 bits per heavy atom. The summed E-state index contributed by atoms with van der Waals surface area (Å²) >= 11 is 0. The molecule has 2 aromatic rings. The predicted octanol–water partition coefficient (Wildman–Crippen LogP) is 2.61. The molecule has 0 atom stereocenters. The number of rotatable bonds is 3. The lowest BCUT2D eigenvalue weighted by atomic mass is 9.96. The zero-order chi connectivity index (χ0) is 18.8. The first kappa shape index (κ1) is 18.2. The average molecular weight is 359 g/mol. The number of pyridine rings is 1. The number of carbonyl (C=O) groups excluding carboxylic acids is 1. The van der Waals surface area contributed by atoms with Crippen molar-refractivity contribution < 1.29 is 9.32 Å². The molecule has 0 aliphatic carbocycles. The van der Waals surface area contributed by atoms with Crippen molar-refractivity contribution in [2.75, 3.05) is 18.4 Å². The summed E-state index contributed by atoms with van der Waals surface area (Å²) < 4.78 is 6.74. The Morgan fingerprint density at radius 2 is 2.04 bits per heavy atom. The topological polar surface area (TPSA) is 93.3 Å². The first-order valence-electron chi connectivity index (χ1n) is 8.92. The molecule has 0 radical (unpaired) electrons. The minimum absolute atomic E-state index is 0.0952. The molecule has 0 bridgehead atoms. The third kappa shape index (κ3) is 3.79. The van der Waals surface area contributed by atoms with Gasteiger partial charge in [0.25, 0.3) is 5.56 Å². The summed E-state index contributed by atoms with van der Waals surface area (Å²) in [6.07, 6.45) is 3.25. The zero-order valence-corrected chi connectivity index (χ0v) is 15.7. The zero-order valence-electron chi connectivity index (χ0n) is 15.7.